The molecule has 146 valence electrons. The molecule has 3 rings (SSSR count). The van der Waals surface area contributed by atoms with Gasteiger partial charge < -0.3 is 19.6 Å². The van der Waals surface area contributed by atoms with E-state index in [2.05, 4.69) is 5.32 Å². The zero-order chi connectivity index (χ0) is 20.3. The van der Waals surface area contributed by atoms with Gasteiger partial charge in [-0.2, -0.15) is 0 Å². The van der Waals surface area contributed by atoms with Crippen LogP contribution in [-0.2, 0) is 11.4 Å². The van der Waals surface area contributed by atoms with Crippen LogP contribution >= 0.6 is 23.2 Å². The number of carbonyl (C=O) groups excluding carboxylic acids is 1. The molecule has 0 saturated heterocycles. The number of halogens is 2. The van der Waals surface area contributed by atoms with Gasteiger partial charge in [-0.3, -0.25) is 4.79 Å². The van der Waals surface area contributed by atoms with E-state index in [0.29, 0.717) is 33.0 Å². The third-order valence-corrected chi connectivity index (χ3v) is 4.67. The molecule has 28 heavy (non-hydrogen) atoms. The van der Waals surface area contributed by atoms with Crippen molar-refractivity contribution in [2.75, 3.05) is 5.32 Å². The number of carbonyl (C=O) groups is 1. The van der Waals surface area contributed by atoms with Gasteiger partial charge in [-0.25, -0.2) is 0 Å². The number of anilines is 1. The van der Waals surface area contributed by atoms with Crippen LogP contribution in [0.15, 0.2) is 52.9 Å². The summed E-state index contributed by atoms with van der Waals surface area (Å²) in [6.45, 7) is 3.41. The number of hydrogen-bond acceptors (Lipinski definition) is 4. The van der Waals surface area contributed by atoms with E-state index in [1.54, 1.807) is 43.3 Å². The van der Waals surface area contributed by atoms with Crippen molar-refractivity contribution < 1.29 is 19.1 Å². The second kappa shape index (κ2) is 8.69. The molecule has 0 aliphatic heterocycles. The molecule has 1 aromatic heterocycles. The van der Waals surface area contributed by atoms with E-state index >= 15 is 0 Å². The molecule has 3 aromatic rings. The maximum atomic E-state index is 12.5. The summed E-state index contributed by atoms with van der Waals surface area (Å²) in [5.41, 5.74) is 2.44. The van der Waals surface area contributed by atoms with Crippen molar-refractivity contribution in [3.63, 3.8) is 0 Å². The lowest BCUT2D eigenvalue weighted by atomic mass is 10.1. The molecule has 1 atom stereocenters. The van der Waals surface area contributed by atoms with Crippen molar-refractivity contribution >= 4 is 34.8 Å². The van der Waals surface area contributed by atoms with Gasteiger partial charge in [0.15, 0.2) is 6.10 Å². The van der Waals surface area contributed by atoms with Crippen LogP contribution in [0.2, 0.25) is 10.0 Å². The van der Waals surface area contributed by atoms with Crippen LogP contribution in [0.5, 0.6) is 5.75 Å². The summed E-state index contributed by atoms with van der Waals surface area (Å²) >= 11 is 11.9. The van der Waals surface area contributed by atoms with Gasteiger partial charge in [0.1, 0.15) is 23.9 Å². The second-order valence-electron chi connectivity index (χ2n) is 6.28. The summed E-state index contributed by atoms with van der Waals surface area (Å²) in [6.07, 6.45) is -0.754. The van der Waals surface area contributed by atoms with E-state index in [1.165, 1.54) is 0 Å². The Morgan fingerprint density at radius 2 is 1.96 bits per heavy atom. The van der Waals surface area contributed by atoms with E-state index in [0.717, 1.165) is 11.1 Å². The van der Waals surface area contributed by atoms with E-state index in [4.69, 9.17) is 37.5 Å². The molecule has 5 nitrogen and oxygen atoms in total. The predicted octanol–water partition coefficient (Wildman–Crippen LogP) is 5.46. The number of aliphatic hydroxyl groups excluding tert-OH is 1. The Kier molecular flexibility index (Phi) is 6.29. The van der Waals surface area contributed by atoms with Crippen LogP contribution in [0.1, 0.15) is 18.2 Å². The topological polar surface area (TPSA) is 71.7 Å². The van der Waals surface area contributed by atoms with Gasteiger partial charge in [0.2, 0.25) is 0 Å². The number of aliphatic hydroxyl groups is 1. The zero-order valence-corrected chi connectivity index (χ0v) is 16.8. The van der Waals surface area contributed by atoms with Crippen LogP contribution in [0.25, 0.3) is 11.3 Å². The average molecular weight is 420 g/mol. The van der Waals surface area contributed by atoms with E-state index in [9.17, 15) is 4.79 Å². The van der Waals surface area contributed by atoms with Crippen LogP contribution in [-0.4, -0.2) is 17.1 Å². The molecule has 1 unspecified atom stereocenters. The van der Waals surface area contributed by atoms with Gasteiger partial charge in [-0.1, -0.05) is 23.2 Å². The summed E-state index contributed by atoms with van der Waals surface area (Å²) in [5.74, 6) is 1.24. The highest BCUT2D eigenvalue weighted by atomic mass is 35.5. The van der Waals surface area contributed by atoms with Crippen molar-refractivity contribution in [3.05, 3.63) is 69.9 Å². The Morgan fingerprint density at radius 1 is 1.18 bits per heavy atom. The van der Waals surface area contributed by atoms with Crippen LogP contribution in [0.3, 0.4) is 0 Å². The molecule has 2 aromatic carbocycles. The second-order valence-corrected chi connectivity index (χ2v) is 7.12. The molecule has 0 aliphatic rings. The highest BCUT2D eigenvalue weighted by Gasteiger charge is 2.17. The Morgan fingerprint density at radius 3 is 2.61 bits per heavy atom. The smallest absolute Gasteiger partial charge is 0.265 e. The van der Waals surface area contributed by atoms with Crippen molar-refractivity contribution in [2.24, 2.45) is 0 Å². The largest absolute Gasteiger partial charge is 0.479 e. The first-order chi connectivity index (χ1) is 13.4. The molecule has 1 amide bonds. The quantitative estimate of drug-likeness (QED) is 0.556. The first kappa shape index (κ1) is 20.3. The monoisotopic (exact) mass is 419 g/mol. The summed E-state index contributed by atoms with van der Waals surface area (Å²) in [7, 11) is 0. The van der Waals surface area contributed by atoms with Crippen LogP contribution in [0, 0.1) is 6.92 Å². The van der Waals surface area contributed by atoms with Gasteiger partial charge in [-0.15, -0.1) is 0 Å². The molecule has 0 spiro atoms. The van der Waals surface area contributed by atoms with Crippen LogP contribution in [0.4, 0.5) is 5.69 Å². The predicted molar refractivity (Wildman–Crippen MR) is 110 cm³/mol. The lowest BCUT2D eigenvalue weighted by molar-refractivity contribution is -0.122. The minimum Gasteiger partial charge on any atom is -0.479 e. The van der Waals surface area contributed by atoms with Crippen molar-refractivity contribution in [3.8, 4) is 17.1 Å². The fraction of sp³-hybridized carbons (Fsp3) is 0.190. The number of benzene rings is 2. The molecule has 0 bridgehead atoms. The van der Waals surface area contributed by atoms with E-state index in [1.807, 2.05) is 19.1 Å². The SMILES string of the molecule is Cc1cc(NC(=O)C(C)Oc2ccc(Cl)cc2Cl)ccc1-c1ccc(CO)o1. The minimum absolute atomic E-state index is 0.150. The van der Waals surface area contributed by atoms with Crippen molar-refractivity contribution in [2.45, 2.75) is 26.6 Å². The molecule has 7 heteroatoms. The Bertz CT molecular complexity index is 1000. The summed E-state index contributed by atoms with van der Waals surface area (Å²) in [5, 5.41) is 12.8. The van der Waals surface area contributed by atoms with Gasteiger partial charge in [0.25, 0.3) is 5.91 Å². The zero-order valence-electron chi connectivity index (χ0n) is 15.3. The fourth-order valence-corrected chi connectivity index (χ4v) is 3.14. The van der Waals surface area contributed by atoms with Crippen molar-refractivity contribution in [1.82, 2.24) is 0 Å². The highest BCUT2D eigenvalue weighted by molar-refractivity contribution is 6.35. The van der Waals surface area contributed by atoms with Gasteiger partial charge >= 0.3 is 0 Å². The summed E-state index contributed by atoms with van der Waals surface area (Å²) in [6, 6.07) is 13.8. The maximum absolute atomic E-state index is 12.5. The number of ether oxygens (including phenoxy) is 1. The van der Waals surface area contributed by atoms with E-state index < -0.39 is 6.10 Å². The number of hydrogen-bond donors (Lipinski definition) is 2. The lowest BCUT2D eigenvalue weighted by Gasteiger charge is -2.16. The first-order valence-electron chi connectivity index (χ1n) is 8.60. The maximum Gasteiger partial charge on any atom is 0.265 e. The standard InChI is InChI=1S/C21H19Cl2NO4/c1-12-9-15(4-6-17(12)19-8-5-16(11-25)28-19)24-21(26)13(2)27-20-7-3-14(22)10-18(20)23/h3-10,13,25H,11H2,1-2H3,(H,24,26). The highest BCUT2D eigenvalue weighted by Crippen LogP contribution is 2.29. The van der Waals surface area contributed by atoms with Gasteiger partial charge in [0, 0.05) is 16.3 Å². The number of nitrogens with one attached hydrogen (secondary N) is 1. The Labute approximate surface area is 172 Å². The average Bonchev–Trinajstić information content (AvgIpc) is 3.13. The molecular weight excluding hydrogens is 401 g/mol. The van der Waals surface area contributed by atoms with Gasteiger partial charge in [0.05, 0.1) is 5.02 Å². The molecule has 1 heterocycles. The summed E-state index contributed by atoms with van der Waals surface area (Å²) < 4.78 is 11.2. The Balaban J connectivity index is 1.68. The van der Waals surface area contributed by atoms with Gasteiger partial charge in [-0.05, 0) is 67.9 Å². The number of amides is 1. The molecule has 0 fully saturated rings. The third-order valence-electron chi connectivity index (χ3n) is 4.14. The lowest BCUT2D eigenvalue weighted by Crippen LogP contribution is -2.30. The third kappa shape index (κ3) is 4.68. The number of rotatable bonds is 6. The van der Waals surface area contributed by atoms with E-state index in [-0.39, 0.29) is 12.5 Å². The Hall–Kier alpha value is -2.47. The molecule has 0 aliphatic carbocycles. The van der Waals surface area contributed by atoms with Crippen LogP contribution < -0.4 is 10.1 Å². The fourth-order valence-electron chi connectivity index (χ4n) is 2.68. The molecule has 2 N–H and O–H groups in total. The normalized spacial score (nSPS) is 11.9. The summed E-state index contributed by atoms with van der Waals surface area (Å²) in [4.78, 5) is 12.5. The van der Waals surface area contributed by atoms with Crippen molar-refractivity contribution in [1.29, 1.82) is 0 Å². The molecular formula is C21H19Cl2NO4. The molecule has 0 radical (unpaired) electrons. The number of furan rings is 1. The number of aryl methyl sites for hydroxylation is 1. The first-order valence-corrected chi connectivity index (χ1v) is 9.36. The molecule has 0 saturated carbocycles. The minimum atomic E-state index is -0.754.